The Kier molecular flexibility index (Phi) is 3.73. The first-order valence-electron chi connectivity index (χ1n) is 8.20. The van der Waals surface area contributed by atoms with Gasteiger partial charge in [0.05, 0.1) is 18.8 Å². The summed E-state index contributed by atoms with van der Waals surface area (Å²) < 4.78 is 2.29. The standard InChI is InChI=1S/C17H22N4OS/c1-12-13(2)21-7-6-19(10-16(21)18-12)11-17(22)20-5-3-15-14(9-20)4-8-23-15/h4,8H,3,5-7,9-11H2,1-2H3. The van der Waals surface area contributed by atoms with E-state index in [0.29, 0.717) is 6.54 Å². The Morgan fingerprint density at radius 3 is 3.00 bits per heavy atom. The molecule has 2 aromatic heterocycles. The third-order valence-corrected chi connectivity index (χ3v) is 6.08. The van der Waals surface area contributed by atoms with E-state index in [0.717, 1.165) is 50.7 Å². The van der Waals surface area contributed by atoms with Crippen molar-refractivity contribution in [2.75, 3.05) is 19.6 Å². The molecule has 122 valence electrons. The number of hydrogen-bond donors (Lipinski definition) is 0. The SMILES string of the molecule is Cc1nc2n(c1C)CCN(CC(=O)N1CCc3sccc3C1)C2. The maximum Gasteiger partial charge on any atom is 0.237 e. The second-order valence-corrected chi connectivity index (χ2v) is 7.50. The van der Waals surface area contributed by atoms with Gasteiger partial charge < -0.3 is 9.47 Å². The molecule has 0 saturated heterocycles. The third-order valence-electron chi connectivity index (χ3n) is 5.06. The predicted octanol–water partition coefficient (Wildman–Crippen LogP) is 1.96. The predicted molar refractivity (Wildman–Crippen MR) is 90.4 cm³/mol. The molecule has 0 spiro atoms. The Balaban J connectivity index is 1.40. The van der Waals surface area contributed by atoms with Crippen molar-refractivity contribution in [1.82, 2.24) is 19.4 Å². The van der Waals surface area contributed by atoms with E-state index in [2.05, 4.69) is 39.7 Å². The summed E-state index contributed by atoms with van der Waals surface area (Å²) in [5, 5.41) is 2.13. The highest BCUT2D eigenvalue weighted by Gasteiger charge is 2.26. The molecule has 0 unspecified atom stereocenters. The van der Waals surface area contributed by atoms with Crippen molar-refractivity contribution in [3.05, 3.63) is 39.1 Å². The van der Waals surface area contributed by atoms with Crippen LogP contribution in [0.15, 0.2) is 11.4 Å². The maximum atomic E-state index is 12.6. The topological polar surface area (TPSA) is 41.4 Å². The average molecular weight is 330 g/mol. The summed E-state index contributed by atoms with van der Waals surface area (Å²) in [5.74, 6) is 1.34. The zero-order valence-electron chi connectivity index (χ0n) is 13.7. The van der Waals surface area contributed by atoms with Crippen molar-refractivity contribution >= 4 is 17.2 Å². The van der Waals surface area contributed by atoms with Crippen LogP contribution in [0.3, 0.4) is 0 Å². The van der Waals surface area contributed by atoms with E-state index in [9.17, 15) is 4.79 Å². The number of amides is 1. The second kappa shape index (κ2) is 5.76. The van der Waals surface area contributed by atoms with Crippen molar-refractivity contribution in [1.29, 1.82) is 0 Å². The molecule has 0 N–H and O–H groups in total. The van der Waals surface area contributed by atoms with Crippen LogP contribution in [-0.4, -0.2) is 44.9 Å². The third kappa shape index (κ3) is 2.70. The van der Waals surface area contributed by atoms with Gasteiger partial charge in [-0.3, -0.25) is 9.69 Å². The number of thiophene rings is 1. The van der Waals surface area contributed by atoms with Crippen LogP contribution in [0.4, 0.5) is 0 Å². The van der Waals surface area contributed by atoms with Gasteiger partial charge in [-0.05, 0) is 37.3 Å². The number of rotatable bonds is 2. The van der Waals surface area contributed by atoms with Crippen molar-refractivity contribution in [2.45, 2.75) is 39.9 Å². The van der Waals surface area contributed by atoms with Crippen LogP contribution >= 0.6 is 11.3 Å². The number of fused-ring (bicyclic) bond motifs is 2. The van der Waals surface area contributed by atoms with Crippen LogP contribution < -0.4 is 0 Å². The highest BCUT2D eigenvalue weighted by Crippen LogP contribution is 2.24. The Labute approximate surface area is 140 Å². The van der Waals surface area contributed by atoms with Gasteiger partial charge in [-0.25, -0.2) is 4.98 Å². The Hall–Kier alpha value is -1.66. The largest absolute Gasteiger partial charge is 0.337 e. The van der Waals surface area contributed by atoms with Gasteiger partial charge in [-0.2, -0.15) is 0 Å². The van der Waals surface area contributed by atoms with E-state index < -0.39 is 0 Å². The van der Waals surface area contributed by atoms with Crippen LogP contribution in [0.5, 0.6) is 0 Å². The molecule has 0 atom stereocenters. The van der Waals surface area contributed by atoms with Gasteiger partial charge in [0.15, 0.2) is 0 Å². The van der Waals surface area contributed by atoms with E-state index >= 15 is 0 Å². The molecule has 5 nitrogen and oxygen atoms in total. The zero-order valence-corrected chi connectivity index (χ0v) is 14.5. The van der Waals surface area contributed by atoms with Crippen LogP contribution in [0, 0.1) is 13.8 Å². The summed E-state index contributed by atoms with van der Waals surface area (Å²) in [4.78, 5) is 23.0. The number of carbonyl (C=O) groups excluding carboxylic acids is 1. The van der Waals surface area contributed by atoms with Gasteiger partial charge in [-0.15, -0.1) is 11.3 Å². The van der Waals surface area contributed by atoms with Crippen LogP contribution in [-0.2, 0) is 30.8 Å². The van der Waals surface area contributed by atoms with E-state index in [1.165, 1.54) is 16.1 Å². The fraction of sp³-hybridized carbons (Fsp3) is 0.529. The fourth-order valence-corrected chi connectivity index (χ4v) is 4.44. The smallest absolute Gasteiger partial charge is 0.237 e. The molecule has 2 aliphatic heterocycles. The van der Waals surface area contributed by atoms with Gasteiger partial charge in [0.2, 0.25) is 5.91 Å². The lowest BCUT2D eigenvalue weighted by Gasteiger charge is -2.32. The molecule has 4 heterocycles. The molecule has 0 fully saturated rings. The number of aryl methyl sites for hydroxylation is 1. The fourth-order valence-electron chi connectivity index (χ4n) is 3.55. The van der Waals surface area contributed by atoms with Crippen molar-refractivity contribution in [3.8, 4) is 0 Å². The number of imidazole rings is 1. The van der Waals surface area contributed by atoms with Gasteiger partial charge in [-0.1, -0.05) is 0 Å². The van der Waals surface area contributed by atoms with Crippen molar-refractivity contribution in [2.24, 2.45) is 0 Å². The lowest BCUT2D eigenvalue weighted by molar-refractivity contribution is -0.133. The molecule has 0 saturated carbocycles. The molecular formula is C17H22N4OS. The van der Waals surface area contributed by atoms with Crippen molar-refractivity contribution < 1.29 is 4.79 Å². The number of nitrogens with zero attached hydrogens (tertiary/aromatic N) is 4. The van der Waals surface area contributed by atoms with Gasteiger partial charge >= 0.3 is 0 Å². The molecule has 4 rings (SSSR count). The molecule has 0 radical (unpaired) electrons. The Bertz CT molecular complexity index is 748. The first kappa shape index (κ1) is 14.9. The molecule has 0 aliphatic carbocycles. The molecule has 0 bridgehead atoms. The summed E-state index contributed by atoms with van der Waals surface area (Å²) in [6.45, 7) is 8.95. The molecular weight excluding hydrogens is 308 g/mol. The highest BCUT2D eigenvalue weighted by molar-refractivity contribution is 7.10. The molecule has 2 aliphatic rings. The number of aromatic nitrogens is 2. The summed E-state index contributed by atoms with van der Waals surface area (Å²) in [5.41, 5.74) is 3.69. The summed E-state index contributed by atoms with van der Waals surface area (Å²) in [7, 11) is 0. The lowest BCUT2D eigenvalue weighted by Crippen LogP contribution is -2.44. The average Bonchev–Trinajstić information content (AvgIpc) is 3.11. The highest BCUT2D eigenvalue weighted by atomic mass is 32.1. The molecule has 6 heteroatoms. The van der Waals surface area contributed by atoms with Crippen LogP contribution in [0.25, 0.3) is 0 Å². The molecule has 0 aromatic carbocycles. The second-order valence-electron chi connectivity index (χ2n) is 6.50. The molecule has 1 amide bonds. The number of carbonyl (C=O) groups is 1. The van der Waals surface area contributed by atoms with E-state index in [4.69, 9.17) is 0 Å². The monoisotopic (exact) mass is 330 g/mol. The van der Waals surface area contributed by atoms with E-state index in [1.807, 2.05) is 16.2 Å². The molecule has 2 aromatic rings. The van der Waals surface area contributed by atoms with Gasteiger partial charge in [0, 0.05) is 36.8 Å². The minimum atomic E-state index is 0.246. The maximum absolute atomic E-state index is 12.6. The van der Waals surface area contributed by atoms with Crippen LogP contribution in [0.1, 0.15) is 27.7 Å². The van der Waals surface area contributed by atoms with E-state index in [1.54, 1.807) is 0 Å². The van der Waals surface area contributed by atoms with E-state index in [-0.39, 0.29) is 5.91 Å². The first-order valence-corrected chi connectivity index (χ1v) is 9.08. The summed E-state index contributed by atoms with van der Waals surface area (Å²) in [6.07, 6.45) is 1.00. The zero-order chi connectivity index (χ0) is 16.0. The minimum absolute atomic E-state index is 0.246. The minimum Gasteiger partial charge on any atom is -0.337 e. The van der Waals surface area contributed by atoms with Gasteiger partial charge in [0.1, 0.15) is 5.82 Å². The summed E-state index contributed by atoms with van der Waals surface area (Å²) in [6, 6.07) is 2.16. The van der Waals surface area contributed by atoms with Gasteiger partial charge in [0.25, 0.3) is 0 Å². The lowest BCUT2D eigenvalue weighted by atomic mass is 10.1. The molecule has 23 heavy (non-hydrogen) atoms. The summed E-state index contributed by atoms with van der Waals surface area (Å²) >= 11 is 1.81. The quantitative estimate of drug-likeness (QED) is 0.845. The first-order chi connectivity index (χ1) is 11.1. The van der Waals surface area contributed by atoms with Crippen LogP contribution in [0.2, 0.25) is 0 Å². The normalized spacial score (nSPS) is 17.9. The Morgan fingerprint density at radius 2 is 2.13 bits per heavy atom. The Morgan fingerprint density at radius 1 is 1.26 bits per heavy atom. The van der Waals surface area contributed by atoms with Crippen molar-refractivity contribution in [3.63, 3.8) is 0 Å². The number of hydrogen-bond acceptors (Lipinski definition) is 4.